The lowest BCUT2D eigenvalue weighted by Crippen LogP contribution is -2.49. The van der Waals surface area contributed by atoms with E-state index in [0.29, 0.717) is 51.3 Å². The fourth-order valence-corrected chi connectivity index (χ4v) is 12.5. The van der Waals surface area contributed by atoms with Crippen LogP contribution >= 0.6 is 0 Å². The number of piperidine rings is 1. The maximum absolute atomic E-state index is 14.5. The molecule has 0 spiro atoms. The third-order valence-electron chi connectivity index (χ3n) is 13.7. The number of ketones is 4. The Balaban J connectivity index is 1.22. The molecule has 280 valence electrons. The van der Waals surface area contributed by atoms with Gasteiger partial charge in [0.2, 0.25) is 21.7 Å². The summed E-state index contributed by atoms with van der Waals surface area (Å²) in [6.07, 6.45) is 11.9. The molecule has 50 heavy (non-hydrogen) atoms. The molecule has 0 N–H and O–H groups in total. The predicted molar refractivity (Wildman–Crippen MR) is 188 cm³/mol. The van der Waals surface area contributed by atoms with Gasteiger partial charge in [-0.05, 0) is 73.5 Å². The lowest BCUT2D eigenvalue weighted by molar-refractivity contribution is -0.147. The van der Waals surface area contributed by atoms with Gasteiger partial charge in [0.05, 0.1) is 23.8 Å². The van der Waals surface area contributed by atoms with Crippen molar-refractivity contribution in [3.05, 3.63) is 0 Å². The highest BCUT2D eigenvalue weighted by atomic mass is 32.2. The Morgan fingerprint density at radius 3 is 2.24 bits per heavy atom. The van der Waals surface area contributed by atoms with Gasteiger partial charge >= 0.3 is 0 Å². The normalized spacial score (nSPS) is 34.9. The van der Waals surface area contributed by atoms with Gasteiger partial charge in [0.1, 0.15) is 5.78 Å². The summed E-state index contributed by atoms with van der Waals surface area (Å²) in [5.41, 5.74) is -0.744. The number of rotatable bonds is 9. The smallest absolute Gasteiger partial charge is 0.229 e. The number of ether oxygens (including phenoxy) is 1. The minimum absolute atomic E-state index is 0.0249. The van der Waals surface area contributed by atoms with Crippen molar-refractivity contribution < 1.29 is 37.1 Å². The average Bonchev–Trinajstić information content (AvgIpc) is 3.88. The summed E-state index contributed by atoms with van der Waals surface area (Å²) in [4.78, 5) is 71.0. The van der Waals surface area contributed by atoms with Crippen molar-refractivity contribution in [1.82, 2.24) is 9.21 Å². The minimum atomic E-state index is -3.50. The first-order chi connectivity index (χ1) is 23.8. The number of hydrogen-bond donors (Lipinski definition) is 0. The maximum atomic E-state index is 14.5. The average molecular weight is 717 g/mol. The molecule has 3 heterocycles. The largest absolute Gasteiger partial charge is 0.381 e. The molecular weight excluding hydrogens is 657 g/mol. The number of fused-ring (bicyclic) bond motifs is 3. The van der Waals surface area contributed by atoms with Gasteiger partial charge in [0, 0.05) is 58.3 Å². The topological polar surface area (TPSA) is 135 Å². The van der Waals surface area contributed by atoms with Gasteiger partial charge in [-0.1, -0.05) is 58.8 Å². The Morgan fingerprint density at radius 1 is 0.880 bits per heavy atom. The quantitative estimate of drug-likeness (QED) is 0.294. The van der Waals surface area contributed by atoms with Crippen LogP contribution in [0.3, 0.4) is 0 Å². The molecule has 0 bridgehead atoms. The molecule has 1 amide bonds. The molecule has 0 aromatic carbocycles. The SMILES string of the molecule is CN1CC[C@H](C2(CC(=O)C[C@H]3COCCCCCCC[C@@H](C(=O)C(=O)CC4CC4)CC(=O)[C@@H]4[C@@H]5[C@H](CN4C3=O)C5(C)C)CCCCC2)S1(=O)=O. The number of amides is 1. The molecule has 0 unspecified atom stereocenters. The lowest BCUT2D eigenvalue weighted by Gasteiger charge is -2.41. The fourth-order valence-electron chi connectivity index (χ4n) is 10.3. The van der Waals surface area contributed by atoms with Crippen molar-refractivity contribution in [3.8, 4) is 0 Å². The maximum Gasteiger partial charge on any atom is 0.229 e. The molecule has 6 atom stereocenters. The van der Waals surface area contributed by atoms with Crippen LogP contribution in [0.25, 0.3) is 0 Å². The first-order valence-electron chi connectivity index (χ1n) is 19.7. The summed E-state index contributed by atoms with van der Waals surface area (Å²) >= 11 is 0. The van der Waals surface area contributed by atoms with E-state index >= 15 is 0 Å². The lowest BCUT2D eigenvalue weighted by atomic mass is 9.67. The van der Waals surface area contributed by atoms with E-state index in [-0.39, 0.29) is 72.8 Å². The number of Topliss-reactive ketones (excluding diaryl/α,β-unsaturated/α-hetero) is 4. The van der Waals surface area contributed by atoms with Crippen molar-refractivity contribution in [3.63, 3.8) is 0 Å². The van der Waals surface area contributed by atoms with Crippen molar-refractivity contribution in [2.45, 2.75) is 141 Å². The molecule has 3 saturated carbocycles. The second kappa shape index (κ2) is 15.2. The Kier molecular flexibility index (Phi) is 11.5. The number of carbonyl (C=O) groups excluding carboxylic acids is 5. The van der Waals surface area contributed by atoms with Gasteiger partial charge in [-0.2, -0.15) is 0 Å². The van der Waals surface area contributed by atoms with E-state index in [1.165, 1.54) is 4.31 Å². The number of nitrogens with zero attached hydrogens (tertiary/aromatic N) is 2. The van der Waals surface area contributed by atoms with Crippen molar-refractivity contribution >= 4 is 39.1 Å². The predicted octanol–water partition coefficient (Wildman–Crippen LogP) is 5.30. The summed E-state index contributed by atoms with van der Waals surface area (Å²) < 4.78 is 34.3. The molecule has 10 nitrogen and oxygen atoms in total. The van der Waals surface area contributed by atoms with Gasteiger partial charge < -0.3 is 9.64 Å². The highest BCUT2D eigenvalue weighted by Crippen LogP contribution is 2.65. The van der Waals surface area contributed by atoms with Gasteiger partial charge in [0.25, 0.3) is 0 Å². The van der Waals surface area contributed by atoms with Crippen molar-refractivity contribution in [2.75, 3.05) is 33.4 Å². The van der Waals surface area contributed by atoms with Crippen LogP contribution in [0, 0.1) is 40.4 Å². The fraction of sp³-hybridized carbons (Fsp3) is 0.872. The minimum Gasteiger partial charge on any atom is -0.381 e. The van der Waals surface area contributed by atoms with Crippen molar-refractivity contribution in [1.29, 1.82) is 0 Å². The van der Waals surface area contributed by atoms with Crippen LogP contribution < -0.4 is 0 Å². The summed E-state index contributed by atoms with van der Waals surface area (Å²) in [6, 6.07) is -0.689. The molecule has 6 rings (SSSR count). The molecule has 11 heteroatoms. The standard InChI is InChI=1S/C39H60N2O8S/c1-38(2)30-24-41-35(34(30)38)31(43)22-27(36(45)32(44)20-26-13-14-26)12-8-5-4-6-11-19-49-25-28(37(41)46)21-29(42)23-39(16-9-7-10-17-39)33-15-18-40(3)50(33,47)48/h26-28,30,33-35H,4-25H2,1-3H3/t27-,28+,30+,33-,34+,35-/m1/s1. The second-order valence-corrected chi connectivity index (χ2v) is 19.7. The third kappa shape index (κ3) is 7.85. The Morgan fingerprint density at radius 2 is 1.56 bits per heavy atom. The van der Waals surface area contributed by atoms with Gasteiger partial charge in [0.15, 0.2) is 11.6 Å². The number of hydrogen-bond acceptors (Lipinski definition) is 8. The monoisotopic (exact) mass is 716 g/mol. The Bertz CT molecular complexity index is 1430. The molecule has 0 radical (unpaired) electrons. The van der Waals surface area contributed by atoms with Crippen LogP contribution in [0.1, 0.15) is 129 Å². The zero-order chi connectivity index (χ0) is 35.8. The zero-order valence-electron chi connectivity index (χ0n) is 30.7. The van der Waals surface area contributed by atoms with E-state index in [2.05, 4.69) is 13.8 Å². The zero-order valence-corrected chi connectivity index (χ0v) is 31.5. The van der Waals surface area contributed by atoms with Crippen molar-refractivity contribution in [2.24, 2.45) is 40.4 Å². The van der Waals surface area contributed by atoms with E-state index in [9.17, 15) is 32.4 Å². The molecule has 3 aliphatic heterocycles. The number of sulfonamides is 1. The molecule has 3 aliphatic carbocycles. The third-order valence-corrected chi connectivity index (χ3v) is 16.2. The second-order valence-electron chi connectivity index (χ2n) is 17.5. The van der Waals surface area contributed by atoms with Gasteiger partial charge in [-0.15, -0.1) is 0 Å². The van der Waals surface area contributed by atoms with Crippen LogP contribution in [0.15, 0.2) is 0 Å². The van der Waals surface area contributed by atoms with Crippen LogP contribution in [0.4, 0.5) is 0 Å². The molecule has 6 aliphatic rings. The first kappa shape index (κ1) is 37.8. The molecular formula is C39H60N2O8S. The van der Waals surface area contributed by atoms with Gasteiger partial charge in [-0.25, -0.2) is 12.7 Å². The molecule has 3 saturated heterocycles. The summed E-state index contributed by atoms with van der Waals surface area (Å²) in [6.45, 7) is 5.68. The van der Waals surface area contributed by atoms with E-state index < -0.39 is 44.3 Å². The summed E-state index contributed by atoms with van der Waals surface area (Å²) in [5, 5.41) is -0.588. The summed E-state index contributed by atoms with van der Waals surface area (Å²) in [5.74, 6) is -2.29. The highest BCUT2D eigenvalue weighted by Gasteiger charge is 2.69. The highest BCUT2D eigenvalue weighted by molar-refractivity contribution is 7.90. The first-order valence-corrected chi connectivity index (χ1v) is 21.2. The van der Waals surface area contributed by atoms with Crippen LogP contribution in [-0.2, 0) is 38.7 Å². The molecule has 6 fully saturated rings. The molecule has 0 aromatic heterocycles. The summed E-state index contributed by atoms with van der Waals surface area (Å²) in [7, 11) is -1.89. The number of carbonyl (C=O) groups is 5. The van der Waals surface area contributed by atoms with Crippen LogP contribution in [-0.4, -0.2) is 91.3 Å². The van der Waals surface area contributed by atoms with Gasteiger partial charge in [-0.3, -0.25) is 24.0 Å². The van der Waals surface area contributed by atoms with E-state index in [1.54, 1.807) is 11.9 Å². The van der Waals surface area contributed by atoms with E-state index in [4.69, 9.17) is 4.74 Å². The Labute approximate surface area is 299 Å². The van der Waals surface area contributed by atoms with Crippen LogP contribution in [0.5, 0.6) is 0 Å². The molecule has 0 aromatic rings. The Hall–Kier alpha value is -1.98. The van der Waals surface area contributed by atoms with Crippen LogP contribution in [0.2, 0.25) is 0 Å². The van der Waals surface area contributed by atoms with E-state index in [1.807, 2.05) is 0 Å². The van der Waals surface area contributed by atoms with E-state index in [0.717, 1.165) is 64.2 Å².